The maximum atomic E-state index is 6.38. The van der Waals surface area contributed by atoms with Gasteiger partial charge in [0, 0.05) is 12.1 Å². The van der Waals surface area contributed by atoms with E-state index >= 15 is 0 Å². The molecule has 108 valence electrons. The summed E-state index contributed by atoms with van der Waals surface area (Å²) in [7, 11) is 0. The minimum atomic E-state index is 0.542. The Morgan fingerprint density at radius 3 is 2.57 bits per heavy atom. The molecule has 0 bridgehead atoms. The summed E-state index contributed by atoms with van der Waals surface area (Å²) < 4.78 is 2.11. The van der Waals surface area contributed by atoms with Crippen LogP contribution in [0.25, 0.3) is 22.0 Å². The van der Waals surface area contributed by atoms with Gasteiger partial charge in [0.1, 0.15) is 17.3 Å². The number of rotatable bonds is 3. The molecule has 0 radical (unpaired) electrons. The largest absolute Gasteiger partial charge is 0.383 e. The number of imidazole rings is 1. The highest BCUT2D eigenvalue weighted by Gasteiger charge is 2.16. The lowest BCUT2D eigenvalue weighted by molar-refractivity contribution is 0.518. The third-order valence-electron chi connectivity index (χ3n) is 3.79. The molecule has 0 amide bonds. The number of hydrogen-bond acceptors (Lipinski definition) is 2. The second-order valence-corrected chi connectivity index (χ2v) is 5.92. The van der Waals surface area contributed by atoms with E-state index in [1.165, 1.54) is 10.8 Å². The van der Waals surface area contributed by atoms with Gasteiger partial charge in [0.15, 0.2) is 0 Å². The molecule has 0 fully saturated rings. The summed E-state index contributed by atoms with van der Waals surface area (Å²) in [6.07, 6.45) is 0. The summed E-state index contributed by atoms with van der Waals surface area (Å²) in [5.74, 6) is 2.28. The molecular weight excluding hydrogens is 258 g/mol. The van der Waals surface area contributed by atoms with E-state index in [2.05, 4.69) is 60.9 Å². The van der Waals surface area contributed by atoms with E-state index in [-0.39, 0.29) is 0 Å². The molecule has 0 aliphatic carbocycles. The van der Waals surface area contributed by atoms with Crippen LogP contribution in [0.4, 0.5) is 5.82 Å². The molecule has 1 aromatic heterocycles. The van der Waals surface area contributed by atoms with Crippen molar-refractivity contribution in [1.82, 2.24) is 9.55 Å². The molecule has 1 heterocycles. The van der Waals surface area contributed by atoms with Crippen molar-refractivity contribution in [1.29, 1.82) is 0 Å². The lowest BCUT2D eigenvalue weighted by Crippen LogP contribution is -2.09. The normalized spacial score (nSPS) is 11.4. The topological polar surface area (TPSA) is 43.8 Å². The van der Waals surface area contributed by atoms with Crippen LogP contribution in [0.5, 0.6) is 0 Å². The molecule has 0 saturated carbocycles. The average molecular weight is 279 g/mol. The lowest BCUT2D eigenvalue weighted by Gasteiger charge is -2.10. The monoisotopic (exact) mass is 279 g/mol. The van der Waals surface area contributed by atoms with Crippen molar-refractivity contribution >= 4 is 16.6 Å². The molecule has 3 rings (SSSR count). The van der Waals surface area contributed by atoms with Crippen LogP contribution in [-0.4, -0.2) is 9.55 Å². The molecule has 0 aliphatic heterocycles. The zero-order chi connectivity index (χ0) is 15.0. The summed E-state index contributed by atoms with van der Waals surface area (Å²) in [6, 6.07) is 14.6. The Bertz CT molecular complexity index is 779. The molecule has 0 aliphatic rings. The zero-order valence-corrected chi connectivity index (χ0v) is 12.8. The number of benzene rings is 2. The van der Waals surface area contributed by atoms with E-state index in [0.29, 0.717) is 5.92 Å². The molecule has 3 heteroatoms. The van der Waals surface area contributed by atoms with Crippen LogP contribution in [-0.2, 0) is 6.54 Å². The third-order valence-corrected chi connectivity index (χ3v) is 3.79. The van der Waals surface area contributed by atoms with Crippen molar-refractivity contribution in [2.24, 2.45) is 5.92 Å². The molecular formula is C18H21N3. The Balaban J connectivity index is 2.20. The van der Waals surface area contributed by atoms with E-state index in [1.807, 2.05) is 6.92 Å². The van der Waals surface area contributed by atoms with Gasteiger partial charge >= 0.3 is 0 Å². The Labute approximate surface area is 125 Å². The maximum Gasteiger partial charge on any atom is 0.131 e. The molecule has 2 N–H and O–H groups in total. The minimum Gasteiger partial charge on any atom is -0.383 e. The van der Waals surface area contributed by atoms with Crippen LogP contribution < -0.4 is 5.73 Å². The summed E-state index contributed by atoms with van der Waals surface area (Å²) in [4.78, 5) is 4.72. The molecule has 0 atom stereocenters. The van der Waals surface area contributed by atoms with Gasteiger partial charge in [0.05, 0.1) is 0 Å². The number of fused-ring (bicyclic) bond motifs is 1. The summed E-state index contributed by atoms with van der Waals surface area (Å²) >= 11 is 0. The van der Waals surface area contributed by atoms with E-state index < -0.39 is 0 Å². The van der Waals surface area contributed by atoms with Gasteiger partial charge in [-0.25, -0.2) is 4.98 Å². The predicted octanol–water partition coefficient (Wildman–Crippen LogP) is 4.25. The van der Waals surface area contributed by atoms with Crippen molar-refractivity contribution < 1.29 is 0 Å². The van der Waals surface area contributed by atoms with Crippen LogP contribution in [0.2, 0.25) is 0 Å². The van der Waals surface area contributed by atoms with Crippen LogP contribution in [0.15, 0.2) is 42.5 Å². The van der Waals surface area contributed by atoms with Crippen LogP contribution in [0, 0.1) is 12.8 Å². The number of hydrogen-bond donors (Lipinski definition) is 1. The van der Waals surface area contributed by atoms with Gasteiger partial charge in [-0.3, -0.25) is 0 Å². The Kier molecular flexibility index (Phi) is 3.42. The molecule has 0 unspecified atom stereocenters. The van der Waals surface area contributed by atoms with Gasteiger partial charge in [-0.05, 0) is 23.6 Å². The van der Waals surface area contributed by atoms with Gasteiger partial charge in [-0.2, -0.15) is 0 Å². The number of aryl methyl sites for hydroxylation is 1. The number of nitrogens with two attached hydrogens (primary N) is 1. The van der Waals surface area contributed by atoms with Crippen LogP contribution >= 0.6 is 0 Å². The van der Waals surface area contributed by atoms with Crippen molar-refractivity contribution in [2.75, 3.05) is 5.73 Å². The fraction of sp³-hybridized carbons (Fsp3) is 0.278. The molecule has 3 nitrogen and oxygen atoms in total. The molecule has 0 saturated heterocycles. The van der Waals surface area contributed by atoms with E-state index in [1.54, 1.807) is 0 Å². The van der Waals surface area contributed by atoms with Crippen LogP contribution in [0.3, 0.4) is 0 Å². The van der Waals surface area contributed by atoms with Gasteiger partial charge in [-0.15, -0.1) is 0 Å². The second-order valence-electron chi connectivity index (χ2n) is 5.92. The van der Waals surface area contributed by atoms with Crippen molar-refractivity contribution in [3.63, 3.8) is 0 Å². The first-order chi connectivity index (χ1) is 10.1. The first-order valence-electron chi connectivity index (χ1n) is 7.38. The average Bonchev–Trinajstić information content (AvgIpc) is 2.74. The molecule has 0 spiro atoms. The predicted molar refractivity (Wildman–Crippen MR) is 89.2 cm³/mol. The van der Waals surface area contributed by atoms with Crippen molar-refractivity contribution in [3.8, 4) is 11.3 Å². The fourth-order valence-corrected chi connectivity index (χ4v) is 2.81. The van der Waals surface area contributed by atoms with Gasteiger partial charge < -0.3 is 10.3 Å². The summed E-state index contributed by atoms with van der Waals surface area (Å²) in [5, 5.41) is 2.41. The van der Waals surface area contributed by atoms with E-state index in [4.69, 9.17) is 10.7 Å². The van der Waals surface area contributed by atoms with Gasteiger partial charge in [-0.1, -0.05) is 56.3 Å². The summed E-state index contributed by atoms with van der Waals surface area (Å²) in [5.41, 5.74) is 8.38. The number of nitrogens with zero attached hydrogens (tertiary/aromatic N) is 2. The smallest absolute Gasteiger partial charge is 0.131 e. The Morgan fingerprint density at radius 2 is 1.81 bits per heavy atom. The van der Waals surface area contributed by atoms with E-state index in [0.717, 1.165) is 29.4 Å². The van der Waals surface area contributed by atoms with Gasteiger partial charge in [0.25, 0.3) is 0 Å². The van der Waals surface area contributed by atoms with Crippen molar-refractivity contribution in [3.05, 3.63) is 48.3 Å². The Hall–Kier alpha value is -2.29. The third kappa shape index (κ3) is 2.40. The highest BCUT2D eigenvalue weighted by atomic mass is 15.1. The SMILES string of the molecule is Cc1nc(-c2cccc3ccccc23)c(N)n1CC(C)C. The number of nitrogen functional groups attached to an aromatic ring is 1. The number of anilines is 1. The minimum absolute atomic E-state index is 0.542. The second kappa shape index (κ2) is 5.24. The molecule has 3 aromatic rings. The summed E-state index contributed by atoms with van der Waals surface area (Å²) in [6.45, 7) is 7.30. The van der Waals surface area contributed by atoms with Gasteiger partial charge in [0.2, 0.25) is 0 Å². The zero-order valence-electron chi connectivity index (χ0n) is 12.8. The molecule has 2 aromatic carbocycles. The lowest BCUT2D eigenvalue weighted by atomic mass is 10.0. The first-order valence-corrected chi connectivity index (χ1v) is 7.38. The highest BCUT2D eigenvalue weighted by molar-refractivity contribution is 5.97. The first kappa shape index (κ1) is 13.7. The fourth-order valence-electron chi connectivity index (χ4n) is 2.81. The quantitative estimate of drug-likeness (QED) is 0.779. The molecule has 21 heavy (non-hydrogen) atoms. The van der Waals surface area contributed by atoms with Crippen LogP contribution in [0.1, 0.15) is 19.7 Å². The highest BCUT2D eigenvalue weighted by Crippen LogP contribution is 2.32. The maximum absolute atomic E-state index is 6.38. The Morgan fingerprint density at radius 1 is 1.10 bits per heavy atom. The van der Waals surface area contributed by atoms with Crippen molar-refractivity contribution in [2.45, 2.75) is 27.3 Å². The standard InChI is InChI=1S/C18H21N3/c1-12(2)11-21-13(3)20-17(18(21)19)16-10-6-8-14-7-4-5-9-15(14)16/h4-10,12H,11,19H2,1-3H3. The van der Waals surface area contributed by atoms with E-state index in [9.17, 15) is 0 Å². The number of aromatic nitrogens is 2.